The van der Waals surface area contributed by atoms with Gasteiger partial charge in [0.25, 0.3) is 6.43 Å². The first-order valence-corrected chi connectivity index (χ1v) is 12.2. The number of hydrogen-bond acceptors (Lipinski definition) is 4. The number of benzene rings is 2. The summed E-state index contributed by atoms with van der Waals surface area (Å²) in [4.78, 5) is 1.90. The number of halogens is 3. The summed E-state index contributed by atoms with van der Waals surface area (Å²) in [5.74, 6) is 0.681. The van der Waals surface area contributed by atoms with Crippen molar-refractivity contribution in [3.63, 3.8) is 0 Å². The SMILES string of the molecule is COc1cc(Br)ccc1[C@@H]1c2ccc3c(cnn3C3CCCCO3)c2C[C@@H](C)N1CC(F)F. The van der Waals surface area contributed by atoms with Crippen LogP contribution in [-0.2, 0) is 11.2 Å². The fourth-order valence-electron chi connectivity index (χ4n) is 5.37. The summed E-state index contributed by atoms with van der Waals surface area (Å²) in [7, 11) is 1.62. The van der Waals surface area contributed by atoms with E-state index >= 15 is 0 Å². The van der Waals surface area contributed by atoms with E-state index in [0.29, 0.717) is 12.2 Å². The standard InChI is InChI=1S/C25H28BrF2N3O2/c1-15-11-19-17(8-9-21-20(19)13-29-31(21)24-5-3-4-10-33-24)25(30(15)14-23(27)28)18-7-6-16(26)12-22(18)32-2/h6-9,12-13,15,23-25H,3-5,10-11,14H2,1-2H3/t15-,24?,25+/m1/s1. The molecule has 33 heavy (non-hydrogen) atoms. The Morgan fingerprint density at radius 2 is 2.03 bits per heavy atom. The number of rotatable bonds is 5. The van der Waals surface area contributed by atoms with Crippen molar-refractivity contribution < 1.29 is 18.3 Å². The van der Waals surface area contributed by atoms with Crippen LogP contribution in [0.15, 0.2) is 41.0 Å². The molecule has 2 aliphatic rings. The van der Waals surface area contributed by atoms with Gasteiger partial charge in [-0.2, -0.15) is 5.10 Å². The van der Waals surface area contributed by atoms with E-state index in [9.17, 15) is 8.78 Å². The second kappa shape index (κ2) is 9.31. The highest BCUT2D eigenvalue weighted by Crippen LogP contribution is 2.44. The molecule has 3 heterocycles. The van der Waals surface area contributed by atoms with Crippen molar-refractivity contribution in [1.82, 2.24) is 14.7 Å². The lowest BCUT2D eigenvalue weighted by Crippen LogP contribution is -2.45. The van der Waals surface area contributed by atoms with Gasteiger partial charge in [0.15, 0.2) is 6.23 Å². The van der Waals surface area contributed by atoms with E-state index in [1.807, 2.05) is 40.9 Å². The van der Waals surface area contributed by atoms with Crippen molar-refractivity contribution >= 4 is 26.8 Å². The van der Waals surface area contributed by atoms with Crippen LogP contribution in [0.3, 0.4) is 0 Å². The van der Waals surface area contributed by atoms with Gasteiger partial charge in [-0.3, -0.25) is 4.90 Å². The van der Waals surface area contributed by atoms with Crippen LogP contribution < -0.4 is 4.74 Å². The minimum Gasteiger partial charge on any atom is -0.496 e. The van der Waals surface area contributed by atoms with Crippen LogP contribution in [0.4, 0.5) is 8.78 Å². The molecule has 0 bridgehead atoms. The lowest BCUT2D eigenvalue weighted by Gasteiger charge is -2.42. The quantitative estimate of drug-likeness (QED) is 0.407. The van der Waals surface area contributed by atoms with E-state index in [1.165, 1.54) is 5.56 Å². The van der Waals surface area contributed by atoms with Crippen LogP contribution in [0.2, 0.25) is 0 Å². The molecule has 3 aromatic rings. The van der Waals surface area contributed by atoms with Crippen LogP contribution in [-0.4, -0.2) is 47.4 Å². The first kappa shape index (κ1) is 22.7. The predicted molar refractivity (Wildman–Crippen MR) is 127 cm³/mol. The Hall–Kier alpha value is -2.03. The zero-order valence-electron chi connectivity index (χ0n) is 18.8. The van der Waals surface area contributed by atoms with Crippen molar-refractivity contribution in [3.8, 4) is 5.75 Å². The molecule has 0 amide bonds. The minimum atomic E-state index is -2.42. The number of hydrogen-bond donors (Lipinski definition) is 0. The molecule has 5 rings (SSSR count). The highest BCUT2D eigenvalue weighted by molar-refractivity contribution is 9.10. The van der Waals surface area contributed by atoms with E-state index < -0.39 is 6.43 Å². The maximum Gasteiger partial charge on any atom is 0.251 e. The molecule has 1 aromatic heterocycles. The molecule has 1 fully saturated rings. The Balaban J connectivity index is 1.66. The van der Waals surface area contributed by atoms with Crippen LogP contribution in [0.5, 0.6) is 5.75 Å². The van der Waals surface area contributed by atoms with E-state index in [4.69, 9.17) is 9.47 Å². The lowest BCUT2D eigenvalue weighted by molar-refractivity contribution is -0.0366. The molecule has 176 valence electrons. The van der Waals surface area contributed by atoms with Crippen LogP contribution in [0.25, 0.3) is 10.9 Å². The molecular weight excluding hydrogens is 492 g/mol. The summed E-state index contributed by atoms with van der Waals surface area (Å²) in [6.45, 7) is 2.48. The Morgan fingerprint density at radius 1 is 1.21 bits per heavy atom. The van der Waals surface area contributed by atoms with Crippen molar-refractivity contribution in [2.24, 2.45) is 0 Å². The molecule has 3 atom stereocenters. The van der Waals surface area contributed by atoms with Gasteiger partial charge in [0.1, 0.15) is 5.75 Å². The normalized spacial score (nSPS) is 23.8. The molecule has 5 nitrogen and oxygen atoms in total. The summed E-state index contributed by atoms with van der Waals surface area (Å²) in [5, 5.41) is 5.77. The van der Waals surface area contributed by atoms with Gasteiger partial charge in [0.05, 0.1) is 31.4 Å². The average Bonchev–Trinajstić information content (AvgIpc) is 3.25. The number of alkyl halides is 2. The molecular formula is C25H28BrF2N3O2. The smallest absolute Gasteiger partial charge is 0.251 e. The molecule has 0 N–H and O–H groups in total. The van der Waals surface area contributed by atoms with Crippen molar-refractivity contribution in [1.29, 1.82) is 0 Å². The van der Waals surface area contributed by atoms with Gasteiger partial charge in [-0.25, -0.2) is 13.5 Å². The summed E-state index contributed by atoms with van der Waals surface area (Å²) in [6, 6.07) is 9.55. The van der Waals surface area contributed by atoms with Crippen LogP contribution >= 0.6 is 15.9 Å². The Bertz CT molecular complexity index is 1150. The lowest BCUT2D eigenvalue weighted by atomic mass is 9.83. The fourth-order valence-corrected chi connectivity index (χ4v) is 5.71. The third-order valence-electron chi connectivity index (χ3n) is 6.89. The topological polar surface area (TPSA) is 39.5 Å². The predicted octanol–water partition coefficient (Wildman–Crippen LogP) is 6.11. The zero-order chi connectivity index (χ0) is 23.1. The first-order chi connectivity index (χ1) is 16.0. The number of ether oxygens (including phenoxy) is 2. The van der Waals surface area contributed by atoms with Gasteiger partial charge in [0.2, 0.25) is 0 Å². The van der Waals surface area contributed by atoms with Gasteiger partial charge < -0.3 is 9.47 Å². The fraction of sp³-hybridized carbons (Fsp3) is 0.480. The summed E-state index contributed by atoms with van der Waals surface area (Å²) < 4.78 is 41.8. The molecule has 2 aliphatic heterocycles. The van der Waals surface area contributed by atoms with E-state index in [2.05, 4.69) is 33.2 Å². The molecule has 0 radical (unpaired) electrons. The van der Waals surface area contributed by atoms with E-state index in [-0.39, 0.29) is 24.9 Å². The van der Waals surface area contributed by atoms with Gasteiger partial charge in [-0.1, -0.05) is 28.1 Å². The summed E-state index contributed by atoms with van der Waals surface area (Å²) >= 11 is 3.50. The first-order valence-electron chi connectivity index (χ1n) is 11.5. The molecule has 0 aliphatic carbocycles. The number of methoxy groups -OCH3 is 1. The second-order valence-corrected chi connectivity index (χ2v) is 9.82. The number of aromatic nitrogens is 2. The Labute approximate surface area is 200 Å². The van der Waals surface area contributed by atoms with E-state index in [0.717, 1.165) is 52.4 Å². The summed E-state index contributed by atoms with van der Waals surface area (Å²) in [5.41, 5.74) is 4.13. The number of fused-ring (bicyclic) bond motifs is 3. The van der Waals surface area contributed by atoms with Gasteiger partial charge in [-0.05, 0) is 61.9 Å². The third-order valence-corrected chi connectivity index (χ3v) is 7.38. The Kier molecular flexibility index (Phi) is 6.42. The molecule has 0 saturated carbocycles. The van der Waals surface area contributed by atoms with E-state index in [1.54, 1.807) is 7.11 Å². The van der Waals surface area contributed by atoms with Gasteiger partial charge in [0, 0.05) is 28.1 Å². The molecule has 0 spiro atoms. The van der Waals surface area contributed by atoms with Crippen molar-refractivity contribution in [2.45, 2.75) is 57.3 Å². The molecule has 2 aromatic carbocycles. The highest BCUT2D eigenvalue weighted by atomic mass is 79.9. The van der Waals surface area contributed by atoms with Crippen LogP contribution in [0.1, 0.15) is 55.1 Å². The molecule has 1 saturated heterocycles. The highest BCUT2D eigenvalue weighted by Gasteiger charge is 2.37. The monoisotopic (exact) mass is 519 g/mol. The molecule has 1 unspecified atom stereocenters. The maximum atomic E-state index is 13.7. The Morgan fingerprint density at radius 3 is 2.76 bits per heavy atom. The largest absolute Gasteiger partial charge is 0.496 e. The maximum absolute atomic E-state index is 13.7. The average molecular weight is 520 g/mol. The van der Waals surface area contributed by atoms with Crippen molar-refractivity contribution in [2.75, 3.05) is 20.3 Å². The second-order valence-electron chi connectivity index (χ2n) is 8.91. The number of nitrogens with zero attached hydrogens (tertiary/aromatic N) is 3. The summed E-state index contributed by atoms with van der Waals surface area (Å²) in [6.07, 6.45) is 3.29. The minimum absolute atomic E-state index is 0.0481. The van der Waals surface area contributed by atoms with Gasteiger partial charge in [-0.15, -0.1) is 0 Å². The zero-order valence-corrected chi connectivity index (χ0v) is 20.4. The van der Waals surface area contributed by atoms with Crippen LogP contribution in [0, 0.1) is 0 Å². The van der Waals surface area contributed by atoms with Crippen molar-refractivity contribution in [3.05, 3.63) is 57.7 Å². The van der Waals surface area contributed by atoms with Gasteiger partial charge >= 0.3 is 0 Å². The molecule has 8 heteroatoms. The third kappa shape index (κ3) is 4.17.